The number of benzene rings is 5. The lowest BCUT2D eigenvalue weighted by Crippen LogP contribution is -2.12. The van der Waals surface area contributed by atoms with E-state index in [0.717, 1.165) is 0 Å². The van der Waals surface area contributed by atoms with E-state index < -0.39 is 0 Å². The first-order valence-corrected chi connectivity index (χ1v) is 12.4. The molecule has 0 unspecified atom stereocenters. The first-order valence-electron chi connectivity index (χ1n) is 12.4. The highest BCUT2D eigenvalue weighted by atomic mass is 14.2. The molecule has 0 bridgehead atoms. The van der Waals surface area contributed by atoms with Gasteiger partial charge in [-0.25, -0.2) is 0 Å². The Morgan fingerprint density at radius 1 is 0.400 bits per heavy atom. The Labute approximate surface area is 209 Å². The van der Waals surface area contributed by atoms with Crippen LogP contribution >= 0.6 is 0 Å². The van der Waals surface area contributed by atoms with Crippen LogP contribution in [0.1, 0.15) is 31.9 Å². The molecule has 5 rings (SSSR count). The van der Waals surface area contributed by atoms with E-state index in [1.54, 1.807) is 0 Å². The summed E-state index contributed by atoms with van der Waals surface area (Å²) >= 11 is 0. The van der Waals surface area contributed by atoms with Crippen molar-refractivity contribution in [3.8, 4) is 44.5 Å². The molecule has 35 heavy (non-hydrogen) atoms. The van der Waals surface area contributed by atoms with Gasteiger partial charge >= 0.3 is 0 Å². The molecule has 0 aliphatic carbocycles. The average molecular weight is 453 g/mol. The van der Waals surface area contributed by atoms with E-state index in [1.165, 1.54) is 55.6 Å². The summed E-state index contributed by atoms with van der Waals surface area (Å²) in [5, 5.41) is 0. The Morgan fingerprint density at radius 2 is 0.714 bits per heavy atom. The van der Waals surface area contributed by atoms with Gasteiger partial charge in [-0.15, -0.1) is 0 Å². The molecular formula is C35H32. The number of hydrogen-bond donors (Lipinski definition) is 0. The van der Waals surface area contributed by atoms with Crippen molar-refractivity contribution in [3.05, 3.63) is 132 Å². The molecule has 0 heterocycles. The van der Waals surface area contributed by atoms with Crippen molar-refractivity contribution in [2.24, 2.45) is 0 Å². The zero-order chi connectivity index (χ0) is 24.4. The molecule has 172 valence electrons. The van der Waals surface area contributed by atoms with Gasteiger partial charge in [-0.2, -0.15) is 0 Å². The van der Waals surface area contributed by atoms with Gasteiger partial charge in [-0.3, -0.25) is 0 Å². The van der Waals surface area contributed by atoms with Crippen LogP contribution in [-0.4, -0.2) is 0 Å². The Morgan fingerprint density at radius 3 is 1.11 bits per heavy atom. The molecule has 0 aliphatic rings. The second kappa shape index (κ2) is 9.39. The zero-order valence-corrected chi connectivity index (χ0v) is 21.0. The molecule has 0 fully saturated rings. The van der Waals surface area contributed by atoms with Crippen molar-refractivity contribution in [3.63, 3.8) is 0 Å². The maximum Gasteiger partial charge on any atom is -0.0131 e. The van der Waals surface area contributed by atoms with Gasteiger partial charge in [0.05, 0.1) is 0 Å². The second-order valence-electron chi connectivity index (χ2n) is 10.3. The Bertz CT molecular complexity index is 1420. The summed E-state index contributed by atoms with van der Waals surface area (Å²) in [7, 11) is 0. The average Bonchev–Trinajstić information content (AvgIpc) is 2.89. The fraction of sp³-hybridized carbons (Fsp3) is 0.143. The fourth-order valence-electron chi connectivity index (χ4n) is 4.69. The Hall–Kier alpha value is -3.90. The van der Waals surface area contributed by atoms with Gasteiger partial charge in [0.2, 0.25) is 0 Å². The molecule has 0 radical (unpaired) electrons. The second-order valence-corrected chi connectivity index (χ2v) is 10.3. The molecule has 0 aliphatic heterocycles. The molecule has 5 aromatic rings. The molecule has 0 amide bonds. The topological polar surface area (TPSA) is 0 Å². The van der Waals surface area contributed by atoms with Crippen LogP contribution in [0.25, 0.3) is 44.5 Å². The van der Waals surface area contributed by atoms with Gasteiger partial charge in [0, 0.05) is 0 Å². The maximum atomic E-state index is 2.38. The highest BCUT2D eigenvalue weighted by Crippen LogP contribution is 2.37. The first kappa shape index (κ1) is 22.9. The van der Waals surface area contributed by atoms with Gasteiger partial charge < -0.3 is 0 Å². The van der Waals surface area contributed by atoms with Crippen LogP contribution in [-0.2, 0) is 5.41 Å². The Balaban J connectivity index is 1.51. The predicted octanol–water partition coefficient (Wildman–Crippen LogP) is 9.96. The lowest BCUT2D eigenvalue weighted by Gasteiger charge is -2.24. The van der Waals surface area contributed by atoms with Crippen LogP contribution in [0, 0.1) is 6.92 Å². The van der Waals surface area contributed by atoms with E-state index in [4.69, 9.17) is 0 Å². The van der Waals surface area contributed by atoms with Crippen molar-refractivity contribution in [2.75, 3.05) is 0 Å². The van der Waals surface area contributed by atoms with E-state index in [0.29, 0.717) is 0 Å². The molecular weight excluding hydrogens is 420 g/mol. The van der Waals surface area contributed by atoms with Crippen LogP contribution in [0.15, 0.2) is 121 Å². The van der Waals surface area contributed by atoms with Crippen LogP contribution < -0.4 is 0 Å². The molecule has 5 aromatic carbocycles. The summed E-state index contributed by atoms with van der Waals surface area (Å²) in [6, 6.07) is 43.9. The van der Waals surface area contributed by atoms with Crippen LogP contribution in [0.5, 0.6) is 0 Å². The third-order valence-corrected chi connectivity index (χ3v) is 6.88. The summed E-state index contributed by atoms with van der Waals surface area (Å²) in [6.45, 7) is 9.12. The monoisotopic (exact) mass is 452 g/mol. The molecule has 0 saturated heterocycles. The first-order chi connectivity index (χ1) is 16.9. The SMILES string of the molecule is Cc1c(-c2ccccc2)cc(C(C)(C)C)cc1-c1ccc(-c2ccc(-c3ccccc3)cc2)cc1. The Kier molecular flexibility index (Phi) is 6.14. The molecule has 0 heteroatoms. The molecule has 0 spiro atoms. The lowest BCUT2D eigenvalue weighted by molar-refractivity contribution is 0.590. The largest absolute Gasteiger partial charge is 0.0622 e. The number of hydrogen-bond acceptors (Lipinski definition) is 0. The quantitative estimate of drug-likeness (QED) is 0.254. The molecule has 0 N–H and O–H groups in total. The van der Waals surface area contributed by atoms with Crippen molar-refractivity contribution in [1.29, 1.82) is 0 Å². The predicted molar refractivity (Wildman–Crippen MR) is 152 cm³/mol. The molecule has 0 aromatic heterocycles. The highest BCUT2D eigenvalue weighted by molar-refractivity contribution is 5.81. The third-order valence-electron chi connectivity index (χ3n) is 6.88. The van der Waals surface area contributed by atoms with E-state index in [1.807, 2.05) is 0 Å². The van der Waals surface area contributed by atoms with Crippen molar-refractivity contribution < 1.29 is 0 Å². The molecule has 0 saturated carbocycles. The summed E-state index contributed by atoms with van der Waals surface area (Å²) in [5.74, 6) is 0. The maximum absolute atomic E-state index is 2.38. The normalized spacial score (nSPS) is 11.4. The standard InChI is InChI=1S/C35H32/c1-25-33(30-13-9-6-10-14-30)23-32(35(2,3)4)24-34(25)31-21-19-29(20-22-31)28-17-15-27(16-18-28)26-11-7-5-8-12-26/h5-24H,1-4H3. The minimum Gasteiger partial charge on any atom is -0.0622 e. The van der Waals surface area contributed by atoms with E-state index in [2.05, 4.69) is 149 Å². The van der Waals surface area contributed by atoms with Gasteiger partial charge in [-0.05, 0) is 68.0 Å². The third kappa shape index (κ3) is 4.84. The summed E-state index contributed by atoms with van der Waals surface area (Å²) in [6.07, 6.45) is 0. The van der Waals surface area contributed by atoms with Crippen LogP contribution in [0.3, 0.4) is 0 Å². The molecule has 0 nitrogen and oxygen atoms in total. The van der Waals surface area contributed by atoms with E-state index >= 15 is 0 Å². The number of rotatable bonds is 4. The smallest absolute Gasteiger partial charge is 0.0131 e. The summed E-state index contributed by atoms with van der Waals surface area (Å²) in [4.78, 5) is 0. The van der Waals surface area contributed by atoms with Crippen LogP contribution in [0.4, 0.5) is 0 Å². The summed E-state index contributed by atoms with van der Waals surface area (Å²) < 4.78 is 0. The van der Waals surface area contributed by atoms with Crippen molar-refractivity contribution in [2.45, 2.75) is 33.1 Å². The van der Waals surface area contributed by atoms with E-state index in [-0.39, 0.29) is 5.41 Å². The molecule has 0 atom stereocenters. The van der Waals surface area contributed by atoms with Crippen LogP contribution in [0.2, 0.25) is 0 Å². The van der Waals surface area contributed by atoms with Crippen molar-refractivity contribution >= 4 is 0 Å². The fourth-order valence-corrected chi connectivity index (χ4v) is 4.69. The highest BCUT2D eigenvalue weighted by Gasteiger charge is 2.19. The minimum absolute atomic E-state index is 0.0758. The minimum atomic E-state index is 0.0758. The lowest BCUT2D eigenvalue weighted by atomic mass is 9.81. The summed E-state index contributed by atoms with van der Waals surface area (Å²) in [5.41, 5.74) is 12.9. The van der Waals surface area contributed by atoms with E-state index in [9.17, 15) is 0 Å². The zero-order valence-electron chi connectivity index (χ0n) is 21.0. The van der Waals surface area contributed by atoms with Gasteiger partial charge in [0.15, 0.2) is 0 Å². The van der Waals surface area contributed by atoms with Gasteiger partial charge in [-0.1, -0.05) is 142 Å². The van der Waals surface area contributed by atoms with Gasteiger partial charge in [0.25, 0.3) is 0 Å². The van der Waals surface area contributed by atoms with Crippen molar-refractivity contribution in [1.82, 2.24) is 0 Å². The van der Waals surface area contributed by atoms with Gasteiger partial charge in [0.1, 0.15) is 0 Å².